The van der Waals surface area contributed by atoms with Crippen LogP contribution in [0.2, 0.25) is 0 Å². The number of carbonyl (C=O) groups excluding carboxylic acids is 1. The van der Waals surface area contributed by atoms with Crippen molar-refractivity contribution < 1.29 is 9.18 Å². The summed E-state index contributed by atoms with van der Waals surface area (Å²) in [4.78, 5) is 15.0. The Balaban J connectivity index is 2.75. The lowest BCUT2D eigenvalue weighted by Crippen LogP contribution is -2.31. The number of pyridine rings is 1. The third kappa shape index (κ3) is 1.35. The van der Waals surface area contributed by atoms with Crippen molar-refractivity contribution in [3.63, 3.8) is 0 Å². The maximum absolute atomic E-state index is 13.7. The van der Waals surface area contributed by atoms with Crippen LogP contribution in [-0.4, -0.2) is 15.3 Å². The predicted molar refractivity (Wildman–Crippen MR) is 51.5 cm³/mol. The van der Waals surface area contributed by atoms with Gasteiger partial charge in [-0.2, -0.15) is 4.39 Å². The van der Waals surface area contributed by atoms with Crippen molar-refractivity contribution in [1.82, 2.24) is 14.8 Å². The van der Waals surface area contributed by atoms with E-state index in [2.05, 4.69) is 4.98 Å². The molecule has 78 valence electrons. The minimum atomic E-state index is -0.740. The zero-order chi connectivity index (χ0) is 11.0. The summed E-state index contributed by atoms with van der Waals surface area (Å²) >= 11 is 0. The molecule has 0 radical (unpaired) electrons. The van der Waals surface area contributed by atoms with Gasteiger partial charge in [0.15, 0.2) is 5.69 Å². The van der Waals surface area contributed by atoms with E-state index in [1.807, 2.05) is 5.43 Å². The number of nitrogens with one attached hydrogen (secondary N) is 1. The maximum atomic E-state index is 13.7. The Kier molecular flexibility index (Phi) is 2.12. The summed E-state index contributed by atoms with van der Waals surface area (Å²) in [5.41, 5.74) is 2.59. The van der Waals surface area contributed by atoms with Crippen molar-refractivity contribution in [2.45, 2.75) is 6.92 Å². The number of amides is 1. The summed E-state index contributed by atoms with van der Waals surface area (Å²) in [6, 6.07) is 5.08. The highest BCUT2D eigenvalue weighted by Gasteiger charge is 2.18. The van der Waals surface area contributed by atoms with Crippen LogP contribution >= 0.6 is 0 Å². The second-order valence-corrected chi connectivity index (χ2v) is 3.09. The standard InChI is InChI=1S/C9H9FN4O/c1-5-3-2-4-6-12-7(9(15)13-11)8(10)14(5)6/h2-4H,11H2,1H3,(H,13,15). The van der Waals surface area contributed by atoms with Gasteiger partial charge in [-0.3, -0.25) is 14.6 Å². The summed E-state index contributed by atoms with van der Waals surface area (Å²) < 4.78 is 15.0. The fourth-order valence-corrected chi connectivity index (χ4v) is 1.43. The third-order valence-electron chi connectivity index (χ3n) is 2.13. The summed E-state index contributed by atoms with van der Waals surface area (Å²) in [6.45, 7) is 1.72. The van der Waals surface area contributed by atoms with Crippen LogP contribution in [0.4, 0.5) is 4.39 Å². The van der Waals surface area contributed by atoms with Crippen molar-refractivity contribution in [3.8, 4) is 0 Å². The minimum absolute atomic E-state index is 0.299. The molecular formula is C9H9FN4O. The first-order valence-corrected chi connectivity index (χ1v) is 4.29. The van der Waals surface area contributed by atoms with Gasteiger partial charge >= 0.3 is 0 Å². The molecule has 15 heavy (non-hydrogen) atoms. The fourth-order valence-electron chi connectivity index (χ4n) is 1.43. The number of fused-ring (bicyclic) bond motifs is 1. The smallest absolute Gasteiger partial charge is 0.288 e. The molecule has 0 atom stereocenters. The molecule has 2 aromatic heterocycles. The van der Waals surface area contributed by atoms with Crippen molar-refractivity contribution in [2.75, 3.05) is 0 Å². The molecule has 0 aliphatic heterocycles. The molecule has 0 bridgehead atoms. The molecular weight excluding hydrogens is 199 g/mol. The number of imidazole rings is 1. The van der Waals surface area contributed by atoms with Crippen LogP contribution in [0.25, 0.3) is 5.65 Å². The van der Waals surface area contributed by atoms with E-state index in [1.54, 1.807) is 25.1 Å². The molecule has 1 amide bonds. The number of carbonyl (C=O) groups is 1. The normalized spacial score (nSPS) is 10.6. The van der Waals surface area contributed by atoms with Gasteiger partial charge in [0, 0.05) is 5.69 Å². The molecule has 3 N–H and O–H groups in total. The van der Waals surface area contributed by atoms with E-state index in [4.69, 9.17) is 5.84 Å². The van der Waals surface area contributed by atoms with Crippen LogP contribution in [0.3, 0.4) is 0 Å². The highest BCUT2D eigenvalue weighted by atomic mass is 19.1. The average molecular weight is 208 g/mol. The fraction of sp³-hybridized carbons (Fsp3) is 0.111. The molecule has 6 heteroatoms. The van der Waals surface area contributed by atoms with Crippen molar-refractivity contribution >= 4 is 11.6 Å². The maximum Gasteiger partial charge on any atom is 0.288 e. The lowest BCUT2D eigenvalue weighted by molar-refractivity contribution is 0.0944. The van der Waals surface area contributed by atoms with E-state index < -0.39 is 11.9 Å². The molecule has 0 aromatic carbocycles. The van der Waals surface area contributed by atoms with Gasteiger partial charge in [-0.1, -0.05) is 6.07 Å². The highest BCUT2D eigenvalue weighted by Crippen LogP contribution is 2.13. The van der Waals surface area contributed by atoms with Gasteiger partial charge in [-0.05, 0) is 19.1 Å². The van der Waals surface area contributed by atoms with Crippen molar-refractivity contribution in [3.05, 3.63) is 35.5 Å². The lowest BCUT2D eigenvalue weighted by atomic mass is 10.4. The van der Waals surface area contributed by atoms with Crippen LogP contribution < -0.4 is 11.3 Å². The molecule has 0 aliphatic carbocycles. The number of hydrogen-bond acceptors (Lipinski definition) is 3. The van der Waals surface area contributed by atoms with Crippen LogP contribution in [0.5, 0.6) is 0 Å². The SMILES string of the molecule is Cc1cccc2nc(C(=O)NN)c(F)n12. The average Bonchev–Trinajstić information content (AvgIpc) is 2.56. The van der Waals surface area contributed by atoms with Gasteiger partial charge in [0.05, 0.1) is 0 Å². The van der Waals surface area contributed by atoms with Crippen LogP contribution in [0.15, 0.2) is 18.2 Å². The monoisotopic (exact) mass is 208 g/mol. The van der Waals surface area contributed by atoms with E-state index in [0.29, 0.717) is 11.3 Å². The largest absolute Gasteiger partial charge is 0.289 e. The number of hydrazine groups is 1. The topological polar surface area (TPSA) is 72.4 Å². The molecule has 0 saturated heterocycles. The number of nitrogen functional groups attached to an aromatic ring is 1. The zero-order valence-electron chi connectivity index (χ0n) is 7.99. The summed E-state index contributed by atoms with van der Waals surface area (Å²) in [7, 11) is 0. The number of halogens is 1. The first kappa shape index (κ1) is 9.60. The lowest BCUT2D eigenvalue weighted by Gasteiger charge is -1.98. The highest BCUT2D eigenvalue weighted by molar-refractivity contribution is 5.92. The Hall–Kier alpha value is -1.95. The number of rotatable bonds is 1. The van der Waals surface area contributed by atoms with Gasteiger partial charge in [0.2, 0.25) is 5.95 Å². The van der Waals surface area contributed by atoms with Crippen LogP contribution in [0.1, 0.15) is 16.2 Å². The number of nitrogens with two attached hydrogens (primary N) is 1. The summed E-state index contributed by atoms with van der Waals surface area (Å²) in [5, 5.41) is 0. The molecule has 2 aromatic rings. The number of aromatic nitrogens is 2. The first-order valence-electron chi connectivity index (χ1n) is 4.29. The third-order valence-corrected chi connectivity index (χ3v) is 2.13. The molecule has 0 aliphatic rings. The van der Waals surface area contributed by atoms with Gasteiger partial charge in [0.1, 0.15) is 5.65 Å². The summed E-state index contributed by atoms with van der Waals surface area (Å²) in [5.74, 6) is 3.47. The number of hydrogen-bond donors (Lipinski definition) is 2. The number of nitrogens with zero attached hydrogens (tertiary/aromatic N) is 2. The molecule has 5 nitrogen and oxygen atoms in total. The Labute approximate surface area is 84.7 Å². The van der Waals surface area contributed by atoms with E-state index in [0.717, 1.165) is 0 Å². The Morgan fingerprint density at radius 1 is 1.60 bits per heavy atom. The van der Waals surface area contributed by atoms with E-state index in [9.17, 15) is 9.18 Å². The number of aryl methyl sites for hydroxylation is 1. The molecule has 0 saturated carbocycles. The molecule has 0 fully saturated rings. The van der Waals surface area contributed by atoms with Gasteiger partial charge in [-0.15, -0.1) is 0 Å². The summed E-state index contributed by atoms with van der Waals surface area (Å²) in [6.07, 6.45) is 0. The van der Waals surface area contributed by atoms with Crippen molar-refractivity contribution in [2.24, 2.45) is 5.84 Å². The Bertz CT molecular complexity index is 534. The van der Waals surface area contributed by atoms with Crippen LogP contribution in [0, 0.1) is 12.9 Å². The zero-order valence-corrected chi connectivity index (χ0v) is 7.99. The van der Waals surface area contributed by atoms with Gasteiger partial charge in [0.25, 0.3) is 5.91 Å². The molecule has 0 unspecified atom stereocenters. The van der Waals surface area contributed by atoms with Crippen molar-refractivity contribution in [1.29, 1.82) is 0 Å². The van der Waals surface area contributed by atoms with E-state index >= 15 is 0 Å². The second kappa shape index (κ2) is 3.32. The second-order valence-electron chi connectivity index (χ2n) is 3.09. The Morgan fingerprint density at radius 3 is 2.93 bits per heavy atom. The quantitative estimate of drug-likeness (QED) is 0.404. The first-order chi connectivity index (χ1) is 7.15. The van der Waals surface area contributed by atoms with Gasteiger partial charge in [-0.25, -0.2) is 10.8 Å². The molecule has 2 rings (SSSR count). The van der Waals surface area contributed by atoms with E-state index in [1.165, 1.54) is 4.40 Å². The molecule has 2 heterocycles. The van der Waals surface area contributed by atoms with Gasteiger partial charge < -0.3 is 0 Å². The van der Waals surface area contributed by atoms with Crippen LogP contribution in [-0.2, 0) is 0 Å². The Morgan fingerprint density at radius 2 is 2.33 bits per heavy atom. The predicted octanol–water partition coefficient (Wildman–Crippen LogP) is 0.385. The minimum Gasteiger partial charge on any atom is -0.289 e. The molecule has 0 spiro atoms. The van der Waals surface area contributed by atoms with E-state index in [-0.39, 0.29) is 5.69 Å².